The van der Waals surface area contributed by atoms with Crippen molar-refractivity contribution in [2.45, 2.75) is 37.3 Å². The van der Waals surface area contributed by atoms with E-state index < -0.39 is 0 Å². The number of ether oxygens (including phenoxy) is 4. The lowest BCUT2D eigenvalue weighted by Crippen LogP contribution is -2.26. The van der Waals surface area contributed by atoms with Crippen molar-refractivity contribution < 1.29 is 18.9 Å². The molecule has 0 N–H and O–H groups in total. The molecule has 0 heterocycles. The Morgan fingerprint density at radius 1 is 0.625 bits per heavy atom. The van der Waals surface area contributed by atoms with Crippen LogP contribution in [-0.4, -0.2) is 52.9 Å². The Kier molecular flexibility index (Phi) is 3.64. The van der Waals surface area contributed by atoms with Crippen LogP contribution in [0.3, 0.4) is 0 Å². The first-order valence-corrected chi connectivity index (χ1v) is 5.61. The van der Waals surface area contributed by atoms with E-state index in [-0.39, 0.29) is 24.4 Å². The van der Waals surface area contributed by atoms with Crippen molar-refractivity contribution >= 4 is 0 Å². The molecule has 0 saturated heterocycles. The lowest BCUT2D eigenvalue weighted by molar-refractivity contribution is 0.0208. The summed E-state index contributed by atoms with van der Waals surface area (Å²) in [5, 5.41) is 0. The quantitative estimate of drug-likeness (QED) is 0.676. The lowest BCUT2D eigenvalue weighted by atomic mass is 10.1. The van der Waals surface area contributed by atoms with E-state index in [0.29, 0.717) is 0 Å². The van der Waals surface area contributed by atoms with E-state index in [4.69, 9.17) is 18.9 Å². The summed E-state index contributed by atoms with van der Waals surface area (Å²) in [5.41, 5.74) is 2.48. The second kappa shape index (κ2) is 4.84. The van der Waals surface area contributed by atoms with Gasteiger partial charge in [-0.1, -0.05) is 0 Å². The molecule has 4 atom stereocenters. The number of methoxy groups -OCH3 is 4. The Hall–Kier alpha value is -0.420. The van der Waals surface area contributed by atoms with Crippen LogP contribution in [0.25, 0.3) is 0 Å². The standard InChI is InChI=1S/C12H20O4/c1-13-7-5-8(14-2)12-10(16-4)6-9(15-3)11(7)12/h7-10H,5-6H2,1-4H3/t7-,8-,9-,10-/m0/s1. The van der Waals surface area contributed by atoms with Gasteiger partial charge in [0.1, 0.15) is 0 Å². The van der Waals surface area contributed by atoms with Crippen LogP contribution < -0.4 is 0 Å². The molecule has 0 aromatic rings. The van der Waals surface area contributed by atoms with Crippen molar-refractivity contribution in [2.75, 3.05) is 28.4 Å². The molecule has 0 aliphatic heterocycles. The molecule has 0 aromatic heterocycles. The molecule has 16 heavy (non-hydrogen) atoms. The molecule has 92 valence electrons. The van der Waals surface area contributed by atoms with Gasteiger partial charge < -0.3 is 18.9 Å². The molecule has 4 nitrogen and oxygen atoms in total. The van der Waals surface area contributed by atoms with Crippen LogP contribution in [0, 0.1) is 0 Å². The minimum atomic E-state index is 0.116. The molecule has 4 heteroatoms. The smallest absolute Gasteiger partial charge is 0.0838 e. The molecule has 0 unspecified atom stereocenters. The van der Waals surface area contributed by atoms with Crippen LogP contribution >= 0.6 is 0 Å². The Morgan fingerprint density at radius 3 is 1.06 bits per heavy atom. The summed E-state index contributed by atoms with van der Waals surface area (Å²) in [7, 11) is 6.95. The van der Waals surface area contributed by atoms with Gasteiger partial charge in [0.05, 0.1) is 24.4 Å². The van der Waals surface area contributed by atoms with Crippen LogP contribution in [0.1, 0.15) is 12.8 Å². The fraction of sp³-hybridized carbons (Fsp3) is 0.833. The second-order valence-corrected chi connectivity index (χ2v) is 4.28. The molecular formula is C12H20O4. The maximum atomic E-state index is 5.51. The Balaban J connectivity index is 2.31. The lowest BCUT2D eigenvalue weighted by Gasteiger charge is -2.22. The molecule has 0 saturated carbocycles. The summed E-state index contributed by atoms with van der Waals surface area (Å²) in [5.74, 6) is 0. The number of hydrogen-bond donors (Lipinski definition) is 0. The number of hydrogen-bond acceptors (Lipinski definition) is 4. The molecular weight excluding hydrogens is 208 g/mol. The zero-order valence-electron chi connectivity index (χ0n) is 10.4. The van der Waals surface area contributed by atoms with Gasteiger partial charge in [0, 0.05) is 41.3 Å². The molecule has 2 aliphatic rings. The summed E-state index contributed by atoms with van der Waals surface area (Å²) >= 11 is 0. The molecule has 0 radical (unpaired) electrons. The molecule has 0 amide bonds. The maximum Gasteiger partial charge on any atom is 0.0838 e. The SMILES string of the molecule is CO[C@H]1C[C@H](OC)C2=C1[C@@H](OC)C[C@@H]2OC. The largest absolute Gasteiger partial charge is 0.377 e. The third kappa shape index (κ3) is 1.70. The monoisotopic (exact) mass is 228 g/mol. The molecule has 0 bridgehead atoms. The van der Waals surface area contributed by atoms with Crippen molar-refractivity contribution in [1.29, 1.82) is 0 Å². The highest BCUT2D eigenvalue weighted by atomic mass is 16.5. The van der Waals surface area contributed by atoms with Gasteiger partial charge in [-0.3, -0.25) is 0 Å². The van der Waals surface area contributed by atoms with Crippen LogP contribution in [0.4, 0.5) is 0 Å². The Labute approximate surface area is 96.5 Å². The highest BCUT2D eigenvalue weighted by Gasteiger charge is 2.46. The van der Waals surface area contributed by atoms with E-state index in [9.17, 15) is 0 Å². The topological polar surface area (TPSA) is 36.9 Å². The Morgan fingerprint density at radius 2 is 0.875 bits per heavy atom. The van der Waals surface area contributed by atoms with Crippen molar-refractivity contribution in [1.82, 2.24) is 0 Å². The van der Waals surface area contributed by atoms with Crippen LogP contribution in [0.2, 0.25) is 0 Å². The normalized spacial score (nSPS) is 38.2. The first kappa shape index (κ1) is 12.0. The van der Waals surface area contributed by atoms with Gasteiger partial charge in [0.25, 0.3) is 0 Å². The van der Waals surface area contributed by atoms with Crippen LogP contribution in [0.15, 0.2) is 11.1 Å². The van der Waals surface area contributed by atoms with Gasteiger partial charge in [-0.25, -0.2) is 0 Å². The van der Waals surface area contributed by atoms with Crippen molar-refractivity contribution in [3.05, 3.63) is 11.1 Å². The summed E-state index contributed by atoms with van der Waals surface area (Å²) in [4.78, 5) is 0. The summed E-state index contributed by atoms with van der Waals surface area (Å²) in [6.45, 7) is 0. The molecule has 2 aliphatic carbocycles. The van der Waals surface area contributed by atoms with Crippen LogP contribution in [0.5, 0.6) is 0 Å². The van der Waals surface area contributed by atoms with E-state index in [1.165, 1.54) is 11.1 Å². The third-order valence-electron chi connectivity index (χ3n) is 3.72. The van der Waals surface area contributed by atoms with E-state index >= 15 is 0 Å². The van der Waals surface area contributed by atoms with Gasteiger partial charge in [-0.05, 0) is 11.1 Å². The van der Waals surface area contributed by atoms with Crippen molar-refractivity contribution in [3.63, 3.8) is 0 Å². The van der Waals surface area contributed by atoms with Crippen molar-refractivity contribution in [2.24, 2.45) is 0 Å². The summed E-state index contributed by atoms with van der Waals surface area (Å²) < 4.78 is 22.0. The van der Waals surface area contributed by atoms with E-state index in [1.807, 2.05) is 0 Å². The van der Waals surface area contributed by atoms with Gasteiger partial charge >= 0.3 is 0 Å². The fourth-order valence-corrected chi connectivity index (χ4v) is 2.95. The molecule has 0 aromatic carbocycles. The third-order valence-corrected chi connectivity index (χ3v) is 3.72. The predicted octanol–water partition coefficient (Wildman–Crippen LogP) is 1.15. The minimum Gasteiger partial charge on any atom is -0.377 e. The van der Waals surface area contributed by atoms with Gasteiger partial charge in [0.2, 0.25) is 0 Å². The average Bonchev–Trinajstić information content (AvgIpc) is 2.85. The van der Waals surface area contributed by atoms with E-state index in [0.717, 1.165) is 12.8 Å². The summed E-state index contributed by atoms with van der Waals surface area (Å²) in [6, 6.07) is 0. The zero-order valence-corrected chi connectivity index (χ0v) is 10.4. The van der Waals surface area contributed by atoms with Crippen molar-refractivity contribution in [3.8, 4) is 0 Å². The fourth-order valence-electron chi connectivity index (χ4n) is 2.95. The maximum absolute atomic E-state index is 5.51. The van der Waals surface area contributed by atoms with Gasteiger partial charge in [0.15, 0.2) is 0 Å². The van der Waals surface area contributed by atoms with Gasteiger partial charge in [-0.2, -0.15) is 0 Å². The first-order valence-electron chi connectivity index (χ1n) is 5.61. The summed E-state index contributed by atoms with van der Waals surface area (Å²) in [6.07, 6.45) is 2.21. The Bertz CT molecular complexity index is 235. The van der Waals surface area contributed by atoms with Gasteiger partial charge in [-0.15, -0.1) is 0 Å². The number of rotatable bonds is 4. The molecule has 0 fully saturated rings. The highest BCUT2D eigenvalue weighted by Crippen LogP contribution is 2.43. The minimum absolute atomic E-state index is 0.116. The second-order valence-electron chi connectivity index (χ2n) is 4.28. The van der Waals surface area contributed by atoms with E-state index in [2.05, 4.69) is 0 Å². The first-order chi connectivity index (χ1) is 7.76. The average molecular weight is 228 g/mol. The molecule has 0 spiro atoms. The predicted molar refractivity (Wildman–Crippen MR) is 59.4 cm³/mol. The van der Waals surface area contributed by atoms with E-state index in [1.54, 1.807) is 28.4 Å². The zero-order chi connectivity index (χ0) is 11.7. The van der Waals surface area contributed by atoms with Crippen LogP contribution in [-0.2, 0) is 18.9 Å². The molecule has 2 rings (SSSR count). The highest BCUT2D eigenvalue weighted by molar-refractivity contribution is 5.40.